The van der Waals surface area contributed by atoms with Crippen molar-refractivity contribution < 1.29 is 9.59 Å². The summed E-state index contributed by atoms with van der Waals surface area (Å²) in [4.78, 5) is 23.6. The molecule has 5 heteroatoms. The molecular weight excluding hydrogens is 278 g/mol. The number of carbonyl (C=O) groups is 2. The first kappa shape index (κ1) is 14.9. The minimum atomic E-state index is -0.312. The molecule has 2 aliphatic rings. The normalized spacial score (nSPS) is 17.1. The van der Waals surface area contributed by atoms with Gasteiger partial charge in [-0.05, 0) is 43.1 Å². The molecule has 0 heterocycles. The van der Waals surface area contributed by atoms with Gasteiger partial charge in [-0.3, -0.25) is 4.79 Å². The van der Waals surface area contributed by atoms with Gasteiger partial charge in [-0.25, -0.2) is 4.79 Å². The second kappa shape index (κ2) is 6.81. The third-order valence-electron chi connectivity index (χ3n) is 4.29. The second-order valence-corrected chi connectivity index (χ2v) is 6.29. The molecular formula is C17H23N3O2. The highest BCUT2D eigenvalue weighted by Crippen LogP contribution is 2.44. The van der Waals surface area contributed by atoms with Crippen LogP contribution in [0.15, 0.2) is 30.3 Å². The van der Waals surface area contributed by atoms with Crippen LogP contribution in [-0.4, -0.2) is 24.5 Å². The van der Waals surface area contributed by atoms with Crippen molar-refractivity contribution in [2.45, 2.75) is 38.3 Å². The molecule has 2 saturated carbocycles. The fraction of sp³-hybridized carbons (Fsp3) is 0.529. The van der Waals surface area contributed by atoms with E-state index in [1.54, 1.807) is 0 Å². The molecule has 0 saturated heterocycles. The van der Waals surface area contributed by atoms with E-state index in [4.69, 9.17) is 0 Å². The van der Waals surface area contributed by atoms with E-state index in [2.05, 4.69) is 16.0 Å². The van der Waals surface area contributed by atoms with Gasteiger partial charge in [-0.1, -0.05) is 30.3 Å². The van der Waals surface area contributed by atoms with E-state index in [-0.39, 0.29) is 18.5 Å². The number of carbonyl (C=O) groups excluding carboxylic acids is 2. The molecule has 1 aromatic carbocycles. The second-order valence-electron chi connectivity index (χ2n) is 6.29. The molecule has 3 amide bonds. The molecule has 0 aromatic heterocycles. The molecule has 3 rings (SSSR count). The van der Waals surface area contributed by atoms with Gasteiger partial charge in [0.05, 0.1) is 6.54 Å². The number of amides is 3. The van der Waals surface area contributed by atoms with E-state index in [0.29, 0.717) is 24.4 Å². The topological polar surface area (TPSA) is 70.2 Å². The van der Waals surface area contributed by atoms with Crippen LogP contribution in [0.2, 0.25) is 0 Å². The predicted molar refractivity (Wildman–Crippen MR) is 84.1 cm³/mol. The Bertz CT molecular complexity index is 512. The molecule has 22 heavy (non-hydrogen) atoms. The fourth-order valence-electron chi connectivity index (χ4n) is 2.77. The molecule has 0 unspecified atom stereocenters. The lowest BCUT2D eigenvalue weighted by atomic mass is 10.1. The van der Waals surface area contributed by atoms with Crippen LogP contribution in [0.4, 0.5) is 4.79 Å². The van der Waals surface area contributed by atoms with Crippen molar-refractivity contribution in [3.8, 4) is 0 Å². The molecule has 0 radical (unpaired) electrons. The van der Waals surface area contributed by atoms with Crippen LogP contribution in [0, 0.1) is 11.8 Å². The van der Waals surface area contributed by atoms with Gasteiger partial charge < -0.3 is 16.0 Å². The average Bonchev–Trinajstić information content (AvgIpc) is 3.41. The average molecular weight is 301 g/mol. The molecule has 2 fully saturated rings. The van der Waals surface area contributed by atoms with Gasteiger partial charge in [-0.2, -0.15) is 0 Å². The summed E-state index contributed by atoms with van der Waals surface area (Å²) < 4.78 is 0. The summed E-state index contributed by atoms with van der Waals surface area (Å²) in [5.41, 5.74) is 1.03. The summed E-state index contributed by atoms with van der Waals surface area (Å²) in [5, 5.41) is 8.45. The number of hydrogen-bond donors (Lipinski definition) is 3. The zero-order valence-electron chi connectivity index (χ0n) is 12.7. The third kappa shape index (κ3) is 4.48. The number of rotatable bonds is 7. The summed E-state index contributed by atoms with van der Waals surface area (Å²) >= 11 is 0. The van der Waals surface area contributed by atoms with Gasteiger partial charge >= 0.3 is 6.03 Å². The maximum atomic E-state index is 11.9. The zero-order chi connectivity index (χ0) is 15.4. The van der Waals surface area contributed by atoms with Crippen molar-refractivity contribution in [2.75, 3.05) is 6.54 Å². The van der Waals surface area contributed by atoms with Crippen molar-refractivity contribution in [1.29, 1.82) is 0 Å². The van der Waals surface area contributed by atoms with Crippen molar-refractivity contribution in [3.63, 3.8) is 0 Å². The largest absolute Gasteiger partial charge is 0.351 e. The van der Waals surface area contributed by atoms with E-state index in [9.17, 15) is 9.59 Å². The highest BCUT2D eigenvalue weighted by Gasteiger charge is 2.42. The van der Waals surface area contributed by atoms with Crippen LogP contribution < -0.4 is 16.0 Å². The molecule has 2 aliphatic carbocycles. The summed E-state index contributed by atoms with van der Waals surface area (Å²) in [6, 6.07) is 9.71. The smallest absolute Gasteiger partial charge is 0.315 e. The van der Waals surface area contributed by atoms with Crippen molar-refractivity contribution in [2.24, 2.45) is 11.8 Å². The number of hydrogen-bond acceptors (Lipinski definition) is 2. The van der Waals surface area contributed by atoms with Crippen LogP contribution in [0.3, 0.4) is 0 Å². The Kier molecular flexibility index (Phi) is 4.61. The van der Waals surface area contributed by atoms with E-state index >= 15 is 0 Å². The van der Waals surface area contributed by atoms with Gasteiger partial charge in [0.15, 0.2) is 0 Å². The minimum absolute atomic E-state index is 0.0383. The van der Waals surface area contributed by atoms with Crippen molar-refractivity contribution >= 4 is 11.9 Å². The van der Waals surface area contributed by atoms with Crippen molar-refractivity contribution in [1.82, 2.24) is 16.0 Å². The predicted octanol–water partition coefficient (Wildman–Crippen LogP) is 1.79. The first-order chi connectivity index (χ1) is 10.7. The van der Waals surface area contributed by atoms with Crippen LogP contribution in [0.1, 0.15) is 31.2 Å². The molecule has 5 nitrogen and oxygen atoms in total. The Balaban J connectivity index is 1.34. The first-order valence-corrected chi connectivity index (χ1v) is 8.07. The van der Waals surface area contributed by atoms with E-state index in [1.807, 2.05) is 30.3 Å². The lowest BCUT2D eigenvalue weighted by Crippen LogP contribution is -2.46. The zero-order valence-corrected chi connectivity index (χ0v) is 12.7. The quantitative estimate of drug-likeness (QED) is 0.718. The van der Waals surface area contributed by atoms with E-state index < -0.39 is 0 Å². The Morgan fingerprint density at radius 2 is 1.64 bits per heavy atom. The maximum absolute atomic E-state index is 11.9. The number of benzene rings is 1. The lowest BCUT2D eigenvalue weighted by Gasteiger charge is -2.17. The highest BCUT2D eigenvalue weighted by molar-refractivity contribution is 5.84. The standard InChI is InChI=1S/C17H23N3O2/c21-15(20-16(13-6-7-13)14-8-9-14)11-19-17(22)18-10-12-4-2-1-3-5-12/h1-5,13-14,16H,6-11H2,(H,20,21)(H2,18,19,22). The molecule has 0 bridgehead atoms. The third-order valence-corrected chi connectivity index (χ3v) is 4.29. The van der Waals surface area contributed by atoms with Gasteiger partial charge in [-0.15, -0.1) is 0 Å². The molecule has 0 spiro atoms. The molecule has 118 valence electrons. The van der Waals surface area contributed by atoms with Crippen molar-refractivity contribution in [3.05, 3.63) is 35.9 Å². The number of urea groups is 1. The Labute approximate surface area is 130 Å². The van der Waals surface area contributed by atoms with Gasteiger partial charge in [0.1, 0.15) is 0 Å². The summed E-state index contributed by atoms with van der Waals surface area (Å²) in [5.74, 6) is 1.25. The summed E-state index contributed by atoms with van der Waals surface area (Å²) in [6.45, 7) is 0.498. The Morgan fingerprint density at radius 1 is 1.00 bits per heavy atom. The fourth-order valence-corrected chi connectivity index (χ4v) is 2.77. The van der Waals surface area contributed by atoms with Gasteiger partial charge in [0.2, 0.25) is 5.91 Å². The van der Waals surface area contributed by atoms with Crippen LogP contribution in [-0.2, 0) is 11.3 Å². The lowest BCUT2D eigenvalue weighted by molar-refractivity contribution is -0.121. The number of nitrogens with one attached hydrogen (secondary N) is 3. The Morgan fingerprint density at radius 3 is 2.23 bits per heavy atom. The van der Waals surface area contributed by atoms with E-state index in [0.717, 1.165) is 5.56 Å². The molecule has 0 atom stereocenters. The highest BCUT2D eigenvalue weighted by atomic mass is 16.2. The minimum Gasteiger partial charge on any atom is -0.351 e. The van der Waals surface area contributed by atoms with Crippen LogP contribution >= 0.6 is 0 Å². The van der Waals surface area contributed by atoms with Crippen LogP contribution in [0.5, 0.6) is 0 Å². The monoisotopic (exact) mass is 301 g/mol. The molecule has 1 aromatic rings. The summed E-state index contributed by atoms with van der Waals surface area (Å²) in [7, 11) is 0. The molecule has 3 N–H and O–H groups in total. The van der Waals surface area contributed by atoms with Gasteiger partial charge in [0.25, 0.3) is 0 Å². The Hall–Kier alpha value is -2.04. The van der Waals surface area contributed by atoms with Gasteiger partial charge in [0, 0.05) is 12.6 Å². The summed E-state index contributed by atoms with van der Waals surface area (Å²) in [6.07, 6.45) is 4.91. The first-order valence-electron chi connectivity index (χ1n) is 8.07. The SMILES string of the molecule is O=C(CNC(=O)NCc1ccccc1)NC(C1CC1)C1CC1. The maximum Gasteiger partial charge on any atom is 0.315 e. The van der Waals surface area contributed by atoms with Crippen LogP contribution in [0.25, 0.3) is 0 Å². The molecule has 0 aliphatic heterocycles. The van der Waals surface area contributed by atoms with E-state index in [1.165, 1.54) is 25.7 Å².